The highest BCUT2D eigenvalue weighted by molar-refractivity contribution is 6.31. The summed E-state index contributed by atoms with van der Waals surface area (Å²) >= 11 is 5.48. The number of urea groups is 1. The Balaban J connectivity index is 2.62. The summed E-state index contributed by atoms with van der Waals surface area (Å²) < 4.78 is 13.0. The van der Waals surface area contributed by atoms with Gasteiger partial charge in [0.1, 0.15) is 11.2 Å². The van der Waals surface area contributed by atoms with Gasteiger partial charge in [-0.15, -0.1) is 11.6 Å². The van der Waals surface area contributed by atoms with Crippen LogP contribution >= 0.6 is 11.6 Å². The van der Waals surface area contributed by atoms with Gasteiger partial charge in [-0.1, -0.05) is 0 Å². The maximum atomic E-state index is 13.0. The van der Waals surface area contributed by atoms with Crippen molar-refractivity contribution in [3.63, 3.8) is 0 Å². The molecule has 0 saturated heterocycles. The summed E-state index contributed by atoms with van der Waals surface area (Å²) in [6.07, 6.45) is 0. The van der Waals surface area contributed by atoms with Crippen molar-refractivity contribution in [2.45, 2.75) is 19.2 Å². The predicted octanol–water partition coefficient (Wildman–Crippen LogP) is 2.41. The Morgan fingerprint density at radius 1 is 1.41 bits per heavy atom. The van der Waals surface area contributed by atoms with Gasteiger partial charge in [0.15, 0.2) is 0 Å². The van der Waals surface area contributed by atoms with Crippen molar-refractivity contribution in [1.82, 2.24) is 5.32 Å². The summed E-state index contributed by atoms with van der Waals surface area (Å²) in [6, 6.07) is 3.39. The van der Waals surface area contributed by atoms with Gasteiger partial charge in [0, 0.05) is 5.69 Å². The topological polar surface area (TPSA) is 58.2 Å². The lowest BCUT2D eigenvalue weighted by atomic mass is 10.2. The highest BCUT2D eigenvalue weighted by Crippen LogP contribution is 2.13. The molecule has 1 unspecified atom stereocenters. The Hall–Kier alpha value is -1.62. The molecule has 1 aromatic carbocycles. The summed E-state index contributed by atoms with van der Waals surface area (Å²) in [4.78, 5) is 22.4. The van der Waals surface area contributed by atoms with E-state index in [2.05, 4.69) is 5.32 Å². The van der Waals surface area contributed by atoms with Crippen LogP contribution in [0.25, 0.3) is 0 Å². The van der Waals surface area contributed by atoms with Crippen LogP contribution in [0.4, 0.5) is 14.9 Å². The summed E-state index contributed by atoms with van der Waals surface area (Å²) in [5.41, 5.74) is 0.802. The molecule has 0 spiro atoms. The van der Waals surface area contributed by atoms with Crippen LogP contribution in [0.2, 0.25) is 0 Å². The number of anilines is 1. The zero-order valence-corrected chi connectivity index (χ0v) is 10.1. The standard InChI is InChI=1S/C11H12ClFN2O2/c1-6-5-8(3-4-9(6)13)14-11(17)15-10(16)7(2)12/h3-5,7H,1-2H3,(H2,14,15,16,17). The van der Waals surface area contributed by atoms with Crippen LogP contribution < -0.4 is 10.6 Å². The molecule has 0 saturated carbocycles. The maximum Gasteiger partial charge on any atom is 0.325 e. The van der Waals surface area contributed by atoms with Gasteiger partial charge >= 0.3 is 6.03 Å². The number of hydrogen-bond acceptors (Lipinski definition) is 2. The highest BCUT2D eigenvalue weighted by atomic mass is 35.5. The molecule has 0 aliphatic carbocycles. The molecule has 1 aromatic rings. The molecule has 0 fully saturated rings. The number of carbonyl (C=O) groups excluding carboxylic acids is 2. The number of aryl methyl sites for hydroxylation is 1. The number of alkyl halides is 1. The lowest BCUT2D eigenvalue weighted by molar-refractivity contribution is -0.119. The minimum absolute atomic E-state index is 0.360. The SMILES string of the molecule is Cc1cc(NC(=O)NC(=O)C(C)Cl)ccc1F. The molecule has 0 aromatic heterocycles. The van der Waals surface area contributed by atoms with Crippen LogP contribution in [0.15, 0.2) is 18.2 Å². The fourth-order valence-electron chi connectivity index (χ4n) is 1.10. The Morgan fingerprint density at radius 2 is 2.06 bits per heavy atom. The van der Waals surface area contributed by atoms with Crippen molar-refractivity contribution in [1.29, 1.82) is 0 Å². The second kappa shape index (κ2) is 5.63. The first-order valence-corrected chi connectivity index (χ1v) is 5.36. The molecular weight excluding hydrogens is 247 g/mol. The molecule has 17 heavy (non-hydrogen) atoms. The van der Waals surface area contributed by atoms with E-state index in [0.29, 0.717) is 11.3 Å². The first kappa shape index (κ1) is 13.4. The minimum Gasteiger partial charge on any atom is -0.308 e. The number of nitrogens with one attached hydrogen (secondary N) is 2. The van der Waals surface area contributed by atoms with E-state index in [1.165, 1.54) is 25.1 Å². The van der Waals surface area contributed by atoms with E-state index in [4.69, 9.17) is 11.6 Å². The van der Waals surface area contributed by atoms with E-state index in [-0.39, 0.29) is 5.82 Å². The third kappa shape index (κ3) is 4.03. The van der Waals surface area contributed by atoms with Gasteiger partial charge in [-0.2, -0.15) is 0 Å². The van der Waals surface area contributed by atoms with Gasteiger partial charge in [0.2, 0.25) is 5.91 Å². The quantitative estimate of drug-likeness (QED) is 0.801. The van der Waals surface area contributed by atoms with Crippen LogP contribution in [0.1, 0.15) is 12.5 Å². The number of halogens is 2. The first-order valence-electron chi connectivity index (χ1n) is 4.92. The summed E-state index contributed by atoms with van der Waals surface area (Å²) in [5, 5.41) is 3.65. The van der Waals surface area contributed by atoms with Crippen LogP contribution in [0.3, 0.4) is 0 Å². The van der Waals surface area contributed by atoms with E-state index >= 15 is 0 Å². The van der Waals surface area contributed by atoms with Gasteiger partial charge in [-0.25, -0.2) is 9.18 Å². The molecule has 1 rings (SSSR count). The maximum absolute atomic E-state index is 13.0. The Morgan fingerprint density at radius 3 is 2.59 bits per heavy atom. The molecule has 0 aliphatic rings. The van der Waals surface area contributed by atoms with Crippen molar-refractivity contribution in [3.8, 4) is 0 Å². The fourth-order valence-corrected chi connectivity index (χ4v) is 1.15. The van der Waals surface area contributed by atoms with E-state index in [0.717, 1.165) is 0 Å². The smallest absolute Gasteiger partial charge is 0.308 e. The van der Waals surface area contributed by atoms with Crippen molar-refractivity contribution >= 4 is 29.2 Å². The Labute approximate surface area is 103 Å². The third-order valence-electron chi connectivity index (χ3n) is 2.01. The molecule has 0 bridgehead atoms. The molecular formula is C11H12ClFN2O2. The third-order valence-corrected chi connectivity index (χ3v) is 2.21. The lowest BCUT2D eigenvalue weighted by Gasteiger charge is -2.08. The number of amides is 3. The molecule has 0 heterocycles. The van der Waals surface area contributed by atoms with Crippen LogP contribution in [-0.4, -0.2) is 17.3 Å². The van der Waals surface area contributed by atoms with E-state index in [1.807, 2.05) is 5.32 Å². The molecule has 3 amide bonds. The molecule has 2 N–H and O–H groups in total. The van der Waals surface area contributed by atoms with E-state index in [1.54, 1.807) is 6.92 Å². The summed E-state index contributed by atoms with van der Waals surface area (Å²) in [6.45, 7) is 3.02. The Kier molecular flexibility index (Phi) is 4.45. The minimum atomic E-state index is -0.796. The zero-order valence-electron chi connectivity index (χ0n) is 9.38. The van der Waals surface area contributed by atoms with Crippen molar-refractivity contribution < 1.29 is 14.0 Å². The monoisotopic (exact) mass is 258 g/mol. The second-order valence-corrected chi connectivity index (χ2v) is 4.18. The number of hydrogen-bond donors (Lipinski definition) is 2. The Bertz CT molecular complexity index is 449. The average Bonchev–Trinajstić information content (AvgIpc) is 2.23. The first-order chi connectivity index (χ1) is 7.90. The van der Waals surface area contributed by atoms with Crippen molar-refractivity contribution in [3.05, 3.63) is 29.6 Å². The van der Waals surface area contributed by atoms with Crippen molar-refractivity contribution in [2.75, 3.05) is 5.32 Å². The molecule has 4 nitrogen and oxygen atoms in total. The number of rotatable bonds is 2. The molecule has 0 aliphatic heterocycles. The molecule has 92 valence electrons. The van der Waals surface area contributed by atoms with Gasteiger partial charge < -0.3 is 5.32 Å². The zero-order chi connectivity index (χ0) is 13.0. The second-order valence-electron chi connectivity index (χ2n) is 3.52. The predicted molar refractivity (Wildman–Crippen MR) is 63.6 cm³/mol. The van der Waals surface area contributed by atoms with Crippen LogP contribution in [0.5, 0.6) is 0 Å². The van der Waals surface area contributed by atoms with Crippen LogP contribution in [-0.2, 0) is 4.79 Å². The number of carbonyl (C=O) groups is 2. The molecule has 1 atom stereocenters. The number of imide groups is 1. The van der Waals surface area contributed by atoms with E-state index in [9.17, 15) is 14.0 Å². The van der Waals surface area contributed by atoms with Gasteiger partial charge in [-0.3, -0.25) is 10.1 Å². The average molecular weight is 259 g/mol. The van der Waals surface area contributed by atoms with Gasteiger partial charge in [-0.05, 0) is 37.6 Å². The lowest BCUT2D eigenvalue weighted by Crippen LogP contribution is -2.38. The summed E-state index contributed by atoms with van der Waals surface area (Å²) in [5.74, 6) is -0.954. The van der Waals surface area contributed by atoms with Crippen LogP contribution in [0, 0.1) is 12.7 Å². The van der Waals surface area contributed by atoms with E-state index < -0.39 is 17.3 Å². The largest absolute Gasteiger partial charge is 0.325 e. The summed E-state index contributed by atoms with van der Waals surface area (Å²) in [7, 11) is 0. The van der Waals surface area contributed by atoms with Gasteiger partial charge in [0.25, 0.3) is 0 Å². The molecule has 0 radical (unpaired) electrons. The normalized spacial score (nSPS) is 11.8. The highest BCUT2D eigenvalue weighted by Gasteiger charge is 2.13. The fraction of sp³-hybridized carbons (Fsp3) is 0.273. The van der Waals surface area contributed by atoms with Crippen molar-refractivity contribution in [2.24, 2.45) is 0 Å². The van der Waals surface area contributed by atoms with Gasteiger partial charge in [0.05, 0.1) is 0 Å². The molecule has 6 heteroatoms. The number of benzene rings is 1.